The van der Waals surface area contributed by atoms with E-state index in [0.717, 1.165) is 0 Å². The van der Waals surface area contributed by atoms with Crippen molar-refractivity contribution in [3.63, 3.8) is 0 Å². The van der Waals surface area contributed by atoms with Crippen molar-refractivity contribution < 1.29 is 14.3 Å². The van der Waals surface area contributed by atoms with Gasteiger partial charge in [0, 0.05) is 6.54 Å². The predicted octanol–water partition coefficient (Wildman–Crippen LogP) is 2.32. The van der Waals surface area contributed by atoms with Gasteiger partial charge in [0.1, 0.15) is 5.60 Å². The molecule has 1 N–H and O–H groups in total. The molecule has 1 atom stereocenters. The topological polar surface area (TPSA) is 47.6 Å². The van der Waals surface area contributed by atoms with E-state index in [9.17, 15) is 4.79 Å². The number of hydrogen-bond donors (Lipinski definition) is 1. The molecule has 0 radical (unpaired) electrons. The first-order valence-electron chi connectivity index (χ1n) is 5.33. The molecular formula is C11H23NO3. The van der Waals surface area contributed by atoms with Gasteiger partial charge in [-0.3, -0.25) is 0 Å². The average Bonchev–Trinajstić information content (AvgIpc) is 1.96. The fourth-order valence-corrected chi connectivity index (χ4v) is 1.05. The first-order valence-corrected chi connectivity index (χ1v) is 5.33. The Morgan fingerprint density at radius 3 is 2.20 bits per heavy atom. The second-order valence-electron chi connectivity index (χ2n) is 4.88. The molecule has 0 saturated carbocycles. The maximum absolute atomic E-state index is 11.3. The van der Waals surface area contributed by atoms with E-state index in [1.54, 1.807) is 0 Å². The molecule has 0 spiro atoms. The van der Waals surface area contributed by atoms with Gasteiger partial charge in [0.15, 0.2) is 0 Å². The molecule has 0 saturated heterocycles. The third-order valence-electron chi connectivity index (χ3n) is 1.44. The molecule has 1 unspecified atom stereocenters. The van der Waals surface area contributed by atoms with Crippen LogP contribution in [-0.2, 0) is 9.47 Å². The number of alkyl carbamates (subject to hydrolysis) is 1. The van der Waals surface area contributed by atoms with Gasteiger partial charge in [0.05, 0.1) is 12.2 Å². The van der Waals surface area contributed by atoms with E-state index >= 15 is 0 Å². The van der Waals surface area contributed by atoms with Crippen LogP contribution in [0, 0.1) is 0 Å². The van der Waals surface area contributed by atoms with E-state index in [-0.39, 0.29) is 12.2 Å². The van der Waals surface area contributed by atoms with Gasteiger partial charge in [-0.1, -0.05) is 0 Å². The molecule has 0 aliphatic rings. The Kier molecular flexibility index (Phi) is 5.65. The molecule has 1 amide bonds. The van der Waals surface area contributed by atoms with E-state index in [2.05, 4.69) is 5.32 Å². The number of ether oxygens (including phenoxy) is 2. The standard InChI is InChI=1S/C11H23NO3/c1-8(2)14-9(3)7-12-10(13)15-11(4,5)6/h8-9H,7H2,1-6H3,(H,12,13). The quantitative estimate of drug-likeness (QED) is 0.786. The van der Waals surface area contributed by atoms with Crippen molar-refractivity contribution >= 4 is 6.09 Å². The molecule has 0 aliphatic carbocycles. The number of hydrogen-bond acceptors (Lipinski definition) is 3. The molecule has 0 rings (SSSR count). The number of carbonyl (C=O) groups excluding carboxylic acids is 1. The normalized spacial score (nSPS) is 13.8. The van der Waals surface area contributed by atoms with Gasteiger partial charge in [0.25, 0.3) is 0 Å². The Hall–Kier alpha value is -0.770. The Labute approximate surface area is 92.3 Å². The molecule has 0 heterocycles. The minimum absolute atomic E-state index is 0.00230. The van der Waals surface area contributed by atoms with Gasteiger partial charge in [0.2, 0.25) is 0 Å². The largest absolute Gasteiger partial charge is 0.444 e. The van der Waals surface area contributed by atoms with Crippen LogP contribution in [-0.4, -0.2) is 30.4 Å². The smallest absolute Gasteiger partial charge is 0.407 e. The van der Waals surface area contributed by atoms with Gasteiger partial charge >= 0.3 is 6.09 Å². The molecule has 4 nitrogen and oxygen atoms in total. The van der Waals surface area contributed by atoms with Gasteiger partial charge in [-0.25, -0.2) is 4.79 Å². The lowest BCUT2D eigenvalue weighted by Crippen LogP contribution is -2.37. The van der Waals surface area contributed by atoms with Crippen molar-refractivity contribution in [2.75, 3.05) is 6.54 Å². The summed E-state index contributed by atoms with van der Waals surface area (Å²) in [6.07, 6.45) is -0.236. The number of nitrogens with one attached hydrogen (secondary N) is 1. The van der Waals surface area contributed by atoms with E-state index in [4.69, 9.17) is 9.47 Å². The van der Waals surface area contributed by atoms with Gasteiger partial charge in [-0.2, -0.15) is 0 Å². The molecule has 0 aromatic carbocycles. The zero-order valence-electron chi connectivity index (χ0n) is 10.6. The van der Waals surface area contributed by atoms with Crippen molar-refractivity contribution in [3.8, 4) is 0 Å². The van der Waals surface area contributed by atoms with Gasteiger partial charge < -0.3 is 14.8 Å². The van der Waals surface area contributed by atoms with Crippen molar-refractivity contribution in [3.05, 3.63) is 0 Å². The maximum Gasteiger partial charge on any atom is 0.407 e. The highest BCUT2D eigenvalue weighted by Gasteiger charge is 2.16. The van der Waals surface area contributed by atoms with Crippen LogP contribution in [0.4, 0.5) is 4.79 Å². The maximum atomic E-state index is 11.3. The van der Waals surface area contributed by atoms with Crippen molar-refractivity contribution in [2.45, 2.75) is 59.4 Å². The Bertz CT molecular complexity index is 196. The fraction of sp³-hybridized carbons (Fsp3) is 0.909. The molecule has 0 aliphatic heterocycles. The highest BCUT2D eigenvalue weighted by molar-refractivity contribution is 5.67. The lowest BCUT2D eigenvalue weighted by Gasteiger charge is -2.21. The van der Waals surface area contributed by atoms with Crippen LogP contribution in [0.15, 0.2) is 0 Å². The van der Waals surface area contributed by atoms with Gasteiger partial charge in [-0.15, -0.1) is 0 Å². The Balaban J connectivity index is 3.72. The molecule has 90 valence electrons. The highest BCUT2D eigenvalue weighted by atomic mass is 16.6. The second kappa shape index (κ2) is 5.95. The molecular weight excluding hydrogens is 194 g/mol. The van der Waals surface area contributed by atoms with E-state index in [1.807, 2.05) is 41.5 Å². The summed E-state index contributed by atoms with van der Waals surface area (Å²) in [6.45, 7) is 11.8. The van der Waals surface area contributed by atoms with Crippen molar-refractivity contribution in [1.82, 2.24) is 5.32 Å². The van der Waals surface area contributed by atoms with Crippen LogP contribution in [0.2, 0.25) is 0 Å². The summed E-state index contributed by atoms with van der Waals surface area (Å²) in [5, 5.41) is 2.66. The molecule has 0 aromatic heterocycles. The van der Waals surface area contributed by atoms with Crippen LogP contribution < -0.4 is 5.32 Å². The third kappa shape index (κ3) is 9.53. The van der Waals surface area contributed by atoms with Crippen LogP contribution in [0.1, 0.15) is 41.5 Å². The van der Waals surface area contributed by atoms with Gasteiger partial charge in [-0.05, 0) is 41.5 Å². The van der Waals surface area contributed by atoms with E-state index < -0.39 is 11.7 Å². The summed E-state index contributed by atoms with van der Waals surface area (Å²) in [4.78, 5) is 11.3. The van der Waals surface area contributed by atoms with E-state index in [0.29, 0.717) is 6.54 Å². The number of rotatable bonds is 4. The van der Waals surface area contributed by atoms with Crippen LogP contribution in [0.5, 0.6) is 0 Å². The molecule has 0 fully saturated rings. The lowest BCUT2D eigenvalue weighted by atomic mass is 10.2. The fourth-order valence-electron chi connectivity index (χ4n) is 1.05. The summed E-state index contributed by atoms with van der Waals surface area (Å²) < 4.78 is 10.5. The zero-order valence-corrected chi connectivity index (χ0v) is 10.6. The summed E-state index contributed by atoms with van der Waals surface area (Å²) >= 11 is 0. The minimum atomic E-state index is -0.452. The minimum Gasteiger partial charge on any atom is -0.444 e. The zero-order chi connectivity index (χ0) is 12.1. The number of carbonyl (C=O) groups is 1. The van der Waals surface area contributed by atoms with Crippen LogP contribution in [0.25, 0.3) is 0 Å². The predicted molar refractivity (Wildman–Crippen MR) is 59.9 cm³/mol. The Morgan fingerprint density at radius 1 is 1.27 bits per heavy atom. The molecule has 0 aromatic rings. The van der Waals surface area contributed by atoms with Crippen LogP contribution in [0.3, 0.4) is 0 Å². The van der Waals surface area contributed by atoms with Crippen LogP contribution >= 0.6 is 0 Å². The molecule has 15 heavy (non-hydrogen) atoms. The summed E-state index contributed by atoms with van der Waals surface area (Å²) in [5.74, 6) is 0. The summed E-state index contributed by atoms with van der Waals surface area (Å²) in [5.41, 5.74) is -0.452. The second-order valence-corrected chi connectivity index (χ2v) is 4.88. The van der Waals surface area contributed by atoms with Crippen molar-refractivity contribution in [2.24, 2.45) is 0 Å². The summed E-state index contributed by atoms with van der Waals surface area (Å²) in [7, 11) is 0. The molecule has 4 heteroatoms. The first kappa shape index (κ1) is 14.2. The monoisotopic (exact) mass is 217 g/mol. The first-order chi connectivity index (χ1) is 6.70. The Morgan fingerprint density at radius 2 is 1.80 bits per heavy atom. The molecule has 0 bridgehead atoms. The third-order valence-corrected chi connectivity index (χ3v) is 1.44. The summed E-state index contributed by atoms with van der Waals surface area (Å²) in [6, 6.07) is 0. The number of amides is 1. The SMILES string of the molecule is CC(C)OC(C)CNC(=O)OC(C)(C)C. The lowest BCUT2D eigenvalue weighted by molar-refractivity contribution is 0.0134. The van der Waals surface area contributed by atoms with Crippen molar-refractivity contribution in [1.29, 1.82) is 0 Å². The van der Waals surface area contributed by atoms with E-state index in [1.165, 1.54) is 0 Å². The average molecular weight is 217 g/mol. The highest BCUT2D eigenvalue weighted by Crippen LogP contribution is 2.06.